The number of amides is 12. The number of hydrogen-bond acceptors (Lipinski definition) is 14. The summed E-state index contributed by atoms with van der Waals surface area (Å²) in [6, 6.07) is 34.4. The van der Waals surface area contributed by atoms with Crippen molar-refractivity contribution >= 4 is 178 Å². The largest absolute Gasteiger partial charge is 0.354 e. The molecule has 0 aromatic heterocycles. The number of halogens is 4. The standard InChI is InChI=1S/C70H60Br4N10O12/c71-51-17-13-47-59-39(51)5-1-9-43(59)63(89)81(67(47)93)33-25-75-55(85)21-29-79(30-22-56(86)76-26-34-82-64(90)44-10-2-6-40-52(72)18-14-48(60(40)44)68(82)94)37-38-80(31-23-57(87)77-27-35-83-65(91)45-11-3-7-41-53(73)19-15-49(61(41)45)69(83)95)32-24-58(88)78-28-36-84-66(92)46-12-4-8-42-54(74)20-16-50(62(42)46)70(84)96/h1-20H,21-38H2,(H,75,85)(H,76,86)(H,77,87)(H,78,88). The fourth-order valence-electron chi connectivity index (χ4n) is 12.8. The zero-order valence-corrected chi connectivity index (χ0v) is 57.7. The zero-order chi connectivity index (χ0) is 67.6. The lowest BCUT2D eigenvalue weighted by Gasteiger charge is -2.29. The molecule has 0 unspecified atom stereocenters. The molecule has 490 valence electrons. The van der Waals surface area contributed by atoms with Gasteiger partial charge < -0.3 is 31.1 Å². The highest BCUT2D eigenvalue weighted by Crippen LogP contribution is 2.38. The second-order valence-corrected chi connectivity index (χ2v) is 26.8. The van der Waals surface area contributed by atoms with Crippen molar-refractivity contribution in [3.05, 3.63) is 184 Å². The third kappa shape index (κ3) is 13.4. The molecule has 12 rings (SSSR count). The van der Waals surface area contributed by atoms with Gasteiger partial charge in [0, 0.05) is 201 Å². The monoisotopic (exact) mass is 1550 g/mol. The molecule has 0 fully saturated rings. The third-order valence-corrected chi connectivity index (χ3v) is 20.5. The smallest absolute Gasteiger partial charge is 0.261 e. The van der Waals surface area contributed by atoms with Gasteiger partial charge in [-0.3, -0.25) is 77.1 Å². The SMILES string of the molecule is O=C(CCN(CCC(=O)NCCN1C(=O)c2cccc3c(Br)ccc(c23)C1=O)CCN(CCC(=O)NCCN1C(=O)c2cccc3c(Br)ccc(c23)C1=O)CCC(=O)NCCN1C(=O)c2cccc3c(Br)ccc(c23)C1=O)NCCN1C(=O)c2cccc3c(Br)ccc(c23)C1=O. The Balaban J connectivity index is 0.699. The van der Waals surface area contributed by atoms with E-state index in [1.807, 2.05) is 34.1 Å². The molecule has 0 atom stereocenters. The molecule has 0 aliphatic carbocycles. The van der Waals surface area contributed by atoms with Crippen LogP contribution < -0.4 is 21.3 Å². The van der Waals surface area contributed by atoms with Gasteiger partial charge in [0.15, 0.2) is 0 Å². The Labute approximate surface area is 582 Å². The number of hydrogen-bond donors (Lipinski definition) is 4. The van der Waals surface area contributed by atoms with Crippen molar-refractivity contribution in [2.45, 2.75) is 25.7 Å². The van der Waals surface area contributed by atoms with Crippen LogP contribution in [0.5, 0.6) is 0 Å². The first kappa shape index (κ1) is 67.1. The summed E-state index contributed by atoms with van der Waals surface area (Å²) >= 11 is 14.0. The summed E-state index contributed by atoms with van der Waals surface area (Å²) in [7, 11) is 0. The van der Waals surface area contributed by atoms with Gasteiger partial charge in [0.2, 0.25) is 23.6 Å². The fourth-order valence-corrected chi connectivity index (χ4v) is 14.7. The topological polar surface area (TPSA) is 272 Å². The molecule has 96 heavy (non-hydrogen) atoms. The van der Waals surface area contributed by atoms with Crippen molar-refractivity contribution < 1.29 is 57.5 Å². The summed E-state index contributed by atoms with van der Waals surface area (Å²) in [6.07, 6.45) is -0.353. The molecule has 4 aliphatic heterocycles. The Bertz CT molecular complexity index is 4010. The predicted octanol–water partition coefficient (Wildman–Crippen LogP) is 8.46. The quantitative estimate of drug-likeness (QED) is 0.0352. The predicted molar refractivity (Wildman–Crippen MR) is 371 cm³/mol. The van der Waals surface area contributed by atoms with E-state index in [-0.39, 0.29) is 117 Å². The third-order valence-electron chi connectivity index (χ3n) is 17.7. The number of imide groups is 4. The normalized spacial score (nSPS) is 14.2. The molecule has 0 bridgehead atoms. The van der Waals surface area contributed by atoms with Crippen molar-refractivity contribution in [1.29, 1.82) is 0 Å². The molecule has 4 aliphatic rings. The van der Waals surface area contributed by atoms with Crippen LogP contribution in [0.1, 0.15) is 109 Å². The zero-order valence-electron chi connectivity index (χ0n) is 51.4. The van der Waals surface area contributed by atoms with E-state index in [1.165, 1.54) is 0 Å². The summed E-state index contributed by atoms with van der Waals surface area (Å²) in [6.45, 7) is 0.148. The summed E-state index contributed by atoms with van der Waals surface area (Å²) in [5.41, 5.74) is 2.89. The number of carbonyl (C=O) groups excluding carboxylic acids is 12. The Morgan fingerprint density at radius 2 is 0.479 bits per heavy atom. The second kappa shape index (κ2) is 28.8. The minimum atomic E-state index is -0.493. The first-order valence-corrected chi connectivity index (χ1v) is 34.3. The lowest BCUT2D eigenvalue weighted by molar-refractivity contribution is -0.123. The van der Waals surface area contributed by atoms with Gasteiger partial charge in [-0.15, -0.1) is 0 Å². The summed E-state index contributed by atoms with van der Waals surface area (Å²) < 4.78 is 2.94. The van der Waals surface area contributed by atoms with Gasteiger partial charge in [0.25, 0.3) is 47.3 Å². The maximum atomic E-state index is 13.7. The van der Waals surface area contributed by atoms with Gasteiger partial charge in [-0.2, -0.15) is 0 Å². The average molecular weight is 1550 g/mol. The van der Waals surface area contributed by atoms with E-state index in [0.717, 1.165) is 59.0 Å². The lowest BCUT2D eigenvalue weighted by Crippen LogP contribution is -2.46. The molecule has 12 amide bonds. The van der Waals surface area contributed by atoms with Crippen LogP contribution in [0.15, 0.2) is 139 Å². The van der Waals surface area contributed by atoms with E-state index in [4.69, 9.17) is 0 Å². The molecule has 22 nitrogen and oxygen atoms in total. The molecule has 0 radical (unpaired) electrons. The van der Waals surface area contributed by atoms with E-state index in [1.54, 1.807) is 97.1 Å². The molecule has 0 spiro atoms. The summed E-state index contributed by atoms with van der Waals surface area (Å²) in [5.74, 6) is -5.60. The van der Waals surface area contributed by atoms with Gasteiger partial charge in [0.05, 0.1) is 0 Å². The highest BCUT2D eigenvalue weighted by molar-refractivity contribution is 9.11. The Kier molecular flexibility index (Phi) is 20.1. The number of benzene rings is 8. The van der Waals surface area contributed by atoms with Crippen molar-refractivity contribution in [1.82, 2.24) is 50.7 Å². The number of carbonyl (C=O) groups is 12. The molecule has 26 heteroatoms. The lowest BCUT2D eigenvalue weighted by atomic mass is 9.94. The number of rotatable bonds is 27. The van der Waals surface area contributed by atoms with E-state index in [2.05, 4.69) is 85.0 Å². The Hall–Kier alpha value is -8.92. The number of nitrogens with zero attached hydrogens (tertiary/aromatic N) is 6. The minimum Gasteiger partial charge on any atom is -0.354 e. The average Bonchev–Trinajstić information content (AvgIpc) is 0.770. The van der Waals surface area contributed by atoms with E-state index in [9.17, 15) is 57.5 Å². The summed E-state index contributed by atoms with van der Waals surface area (Å²) in [4.78, 5) is 172. The van der Waals surface area contributed by atoms with E-state index >= 15 is 0 Å². The first-order chi connectivity index (χ1) is 46.3. The molecular formula is C70H60Br4N10O12. The van der Waals surface area contributed by atoms with Crippen LogP contribution >= 0.6 is 63.7 Å². The first-order valence-electron chi connectivity index (χ1n) is 31.1. The Morgan fingerprint density at radius 1 is 0.281 bits per heavy atom. The van der Waals surface area contributed by atoms with Crippen LogP contribution in [-0.4, -0.2) is 192 Å². The van der Waals surface area contributed by atoms with Gasteiger partial charge in [0.1, 0.15) is 0 Å². The van der Waals surface area contributed by atoms with Crippen molar-refractivity contribution in [2.75, 3.05) is 91.6 Å². The van der Waals surface area contributed by atoms with Gasteiger partial charge >= 0.3 is 0 Å². The maximum absolute atomic E-state index is 13.7. The highest BCUT2D eigenvalue weighted by Gasteiger charge is 2.37. The molecule has 8 aromatic rings. The van der Waals surface area contributed by atoms with Crippen LogP contribution in [0, 0.1) is 0 Å². The van der Waals surface area contributed by atoms with Crippen LogP contribution in [0.3, 0.4) is 0 Å². The molecule has 4 N–H and O–H groups in total. The van der Waals surface area contributed by atoms with Crippen LogP contribution in [-0.2, 0) is 19.2 Å². The van der Waals surface area contributed by atoms with Gasteiger partial charge in [-0.05, 0) is 94.3 Å². The molecule has 4 heterocycles. The van der Waals surface area contributed by atoms with Gasteiger partial charge in [-0.1, -0.05) is 112 Å². The van der Waals surface area contributed by atoms with Crippen molar-refractivity contribution in [3.8, 4) is 0 Å². The van der Waals surface area contributed by atoms with Crippen LogP contribution in [0.2, 0.25) is 0 Å². The number of nitrogens with one attached hydrogen (secondary N) is 4. The minimum absolute atomic E-state index is 0.0562. The molecular weight excluding hydrogens is 1490 g/mol. The van der Waals surface area contributed by atoms with E-state index in [0.29, 0.717) is 66.1 Å². The molecule has 8 aromatic carbocycles. The summed E-state index contributed by atoms with van der Waals surface area (Å²) in [5, 5.41) is 16.4. The van der Waals surface area contributed by atoms with E-state index < -0.39 is 70.9 Å². The molecule has 0 saturated carbocycles. The van der Waals surface area contributed by atoms with Gasteiger partial charge in [-0.25, -0.2) is 0 Å². The second-order valence-electron chi connectivity index (χ2n) is 23.4. The molecule has 0 saturated heterocycles. The van der Waals surface area contributed by atoms with Crippen molar-refractivity contribution in [2.24, 2.45) is 0 Å². The van der Waals surface area contributed by atoms with Crippen LogP contribution in [0.4, 0.5) is 0 Å². The van der Waals surface area contributed by atoms with Crippen molar-refractivity contribution in [3.63, 3.8) is 0 Å². The Morgan fingerprint density at radius 3 is 0.688 bits per heavy atom. The van der Waals surface area contributed by atoms with Crippen LogP contribution in [0.25, 0.3) is 43.1 Å². The highest BCUT2D eigenvalue weighted by atomic mass is 79.9. The fraction of sp³-hybridized carbons (Fsp3) is 0.257. The maximum Gasteiger partial charge on any atom is 0.261 e.